The number of hydrogen-bond acceptors (Lipinski definition) is 4. The zero-order valence-electron chi connectivity index (χ0n) is 14.2. The lowest BCUT2D eigenvalue weighted by Crippen LogP contribution is -2.36. The number of nitrogens with one attached hydrogen (secondary N) is 1. The minimum atomic E-state index is -3.72. The number of aryl methyl sites for hydroxylation is 1. The molecule has 0 saturated carbocycles. The Morgan fingerprint density at radius 3 is 2.52 bits per heavy atom. The summed E-state index contributed by atoms with van der Waals surface area (Å²) < 4.78 is 33.7. The van der Waals surface area contributed by atoms with Crippen LogP contribution in [0.25, 0.3) is 0 Å². The minimum Gasteiger partial charge on any atom is -0.460 e. The molecule has 0 unspecified atom stereocenters. The Labute approximate surface area is 148 Å². The number of sulfonamides is 1. The van der Waals surface area contributed by atoms with Crippen LogP contribution in [0.3, 0.4) is 0 Å². The van der Waals surface area contributed by atoms with Gasteiger partial charge in [-0.05, 0) is 30.2 Å². The van der Waals surface area contributed by atoms with Crippen LogP contribution in [0.1, 0.15) is 36.1 Å². The van der Waals surface area contributed by atoms with Gasteiger partial charge in [0.2, 0.25) is 10.0 Å². The lowest BCUT2D eigenvalue weighted by Gasteiger charge is -2.22. The topological polar surface area (TPSA) is 72.5 Å². The van der Waals surface area contributed by atoms with Gasteiger partial charge in [0.25, 0.3) is 0 Å². The van der Waals surface area contributed by atoms with Gasteiger partial charge in [0.15, 0.2) is 0 Å². The molecule has 3 rings (SSSR count). The standard InChI is InChI=1S/C19H21NO4S/c1-3-18(21)24-17-12-14-6-4-5-7-16(14)19(17)20-25(22,23)15-10-8-13(2)9-11-15/h4-11,17,19-20H,3,12H2,1-2H3/t17-,19+/m0/s1. The first kappa shape index (κ1) is 17.6. The Morgan fingerprint density at radius 1 is 1.16 bits per heavy atom. The van der Waals surface area contributed by atoms with Crippen LogP contribution in [0.15, 0.2) is 53.4 Å². The quantitative estimate of drug-likeness (QED) is 0.833. The molecule has 2 atom stereocenters. The Morgan fingerprint density at radius 2 is 1.84 bits per heavy atom. The third kappa shape index (κ3) is 3.75. The van der Waals surface area contributed by atoms with E-state index in [1.165, 1.54) is 0 Å². The highest BCUT2D eigenvalue weighted by Crippen LogP contribution is 2.34. The molecule has 2 aromatic rings. The molecule has 25 heavy (non-hydrogen) atoms. The maximum Gasteiger partial charge on any atom is 0.305 e. The van der Waals surface area contributed by atoms with Gasteiger partial charge in [-0.3, -0.25) is 4.79 Å². The Hall–Kier alpha value is -2.18. The summed E-state index contributed by atoms with van der Waals surface area (Å²) in [7, 11) is -3.72. The summed E-state index contributed by atoms with van der Waals surface area (Å²) in [6, 6.07) is 13.6. The van der Waals surface area contributed by atoms with Crippen LogP contribution in [-0.2, 0) is 26.0 Å². The van der Waals surface area contributed by atoms with Crippen molar-refractivity contribution in [1.82, 2.24) is 4.72 Å². The maximum absolute atomic E-state index is 12.8. The summed E-state index contributed by atoms with van der Waals surface area (Å²) in [5.74, 6) is -0.336. The zero-order chi connectivity index (χ0) is 18.0. The van der Waals surface area contributed by atoms with E-state index in [9.17, 15) is 13.2 Å². The van der Waals surface area contributed by atoms with Gasteiger partial charge < -0.3 is 4.74 Å². The summed E-state index contributed by atoms with van der Waals surface area (Å²) in [6.45, 7) is 3.62. The SMILES string of the molecule is CCC(=O)O[C@H]1Cc2ccccc2[C@H]1NS(=O)(=O)c1ccc(C)cc1. The molecular weight excluding hydrogens is 338 g/mol. The van der Waals surface area contributed by atoms with E-state index in [0.717, 1.165) is 16.7 Å². The minimum absolute atomic E-state index is 0.197. The van der Waals surface area contributed by atoms with Gasteiger partial charge in [0, 0.05) is 12.8 Å². The van der Waals surface area contributed by atoms with Crippen molar-refractivity contribution in [3.8, 4) is 0 Å². The number of carbonyl (C=O) groups is 1. The van der Waals surface area contributed by atoms with E-state index in [4.69, 9.17) is 4.74 Å². The second-order valence-electron chi connectivity index (χ2n) is 6.20. The van der Waals surface area contributed by atoms with E-state index in [1.807, 2.05) is 31.2 Å². The molecular formula is C19H21NO4S. The first-order valence-corrected chi connectivity index (χ1v) is 9.75. The van der Waals surface area contributed by atoms with E-state index in [1.54, 1.807) is 31.2 Å². The fourth-order valence-electron chi connectivity index (χ4n) is 3.01. The Kier molecular flexibility index (Phi) is 4.92. The van der Waals surface area contributed by atoms with Crippen molar-refractivity contribution in [2.24, 2.45) is 0 Å². The maximum atomic E-state index is 12.8. The van der Waals surface area contributed by atoms with Crippen molar-refractivity contribution in [2.45, 2.75) is 43.7 Å². The normalized spacial score (nSPS) is 19.4. The average molecular weight is 359 g/mol. The molecule has 0 radical (unpaired) electrons. The molecule has 0 saturated heterocycles. The number of rotatable bonds is 5. The highest BCUT2D eigenvalue weighted by molar-refractivity contribution is 7.89. The van der Waals surface area contributed by atoms with E-state index < -0.39 is 22.2 Å². The van der Waals surface area contributed by atoms with Gasteiger partial charge in [0.05, 0.1) is 10.9 Å². The molecule has 0 heterocycles. The molecule has 1 aliphatic carbocycles. The molecule has 5 nitrogen and oxygen atoms in total. The van der Waals surface area contributed by atoms with Crippen molar-refractivity contribution >= 4 is 16.0 Å². The number of fused-ring (bicyclic) bond motifs is 1. The van der Waals surface area contributed by atoms with E-state index >= 15 is 0 Å². The molecule has 6 heteroatoms. The predicted molar refractivity (Wildman–Crippen MR) is 94.6 cm³/mol. The van der Waals surface area contributed by atoms with Crippen LogP contribution < -0.4 is 4.72 Å². The van der Waals surface area contributed by atoms with Crippen molar-refractivity contribution in [3.63, 3.8) is 0 Å². The molecule has 0 amide bonds. The van der Waals surface area contributed by atoms with Crippen molar-refractivity contribution in [1.29, 1.82) is 0 Å². The molecule has 0 aliphatic heterocycles. The second-order valence-corrected chi connectivity index (χ2v) is 7.91. The molecule has 1 N–H and O–H groups in total. The van der Waals surface area contributed by atoms with Crippen LogP contribution in [0.5, 0.6) is 0 Å². The van der Waals surface area contributed by atoms with E-state index in [0.29, 0.717) is 6.42 Å². The first-order valence-electron chi connectivity index (χ1n) is 8.27. The Bertz CT molecular complexity index is 875. The van der Waals surface area contributed by atoms with Gasteiger partial charge in [-0.25, -0.2) is 8.42 Å². The lowest BCUT2D eigenvalue weighted by molar-refractivity contribution is -0.149. The van der Waals surface area contributed by atoms with Gasteiger partial charge in [-0.15, -0.1) is 0 Å². The number of esters is 1. The highest BCUT2D eigenvalue weighted by atomic mass is 32.2. The predicted octanol–water partition coefficient (Wildman–Crippen LogP) is 2.89. The molecule has 132 valence electrons. The van der Waals surface area contributed by atoms with Crippen LogP contribution in [0.4, 0.5) is 0 Å². The smallest absolute Gasteiger partial charge is 0.305 e. The molecule has 0 fully saturated rings. The Balaban J connectivity index is 1.91. The number of hydrogen-bond donors (Lipinski definition) is 1. The average Bonchev–Trinajstić information content (AvgIpc) is 2.92. The summed E-state index contributed by atoms with van der Waals surface area (Å²) in [5.41, 5.74) is 2.83. The van der Waals surface area contributed by atoms with Crippen LogP contribution in [-0.4, -0.2) is 20.5 Å². The van der Waals surface area contributed by atoms with E-state index in [-0.39, 0.29) is 17.3 Å². The third-order valence-corrected chi connectivity index (χ3v) is 5.82. The first-order chi connectivity index (χ1) is 11.9. The van der Waals surface area contributed by atoms with Crippen LogP contribution in [0, 0.1) is 6.92 Å². The molecule has 0 bridgehead atoms. The fraction of sp³-hybridized carbons (Fsp3) is 0.316. The third-order valence-electron chi connectivity index (χ3n) is 4.37. The highest BCUT2D eigenvalue weighted by Gasteiger charge is 2.37. The monoisotopic (exact) mass is 359 g/mol. The lowest BCUT2D eigenvalue weighted by atomic mass is 10.1. The molecule has 1 aliphatic rings. The van der Waals surface area contributed by atoms with Gasteiger partial charge in [-0.2, -0.15) is 4.72 Å². The summed E-state index contributed by atoms with van der Waals surface area (Å²) in [4.78, 5) is 11.9. The van der Waals surface area contributed by atoms with Crippen molar-refractivity contribution in [3.05, 3.63) is 65.2 Å². The van der Waals surface area contributed by atoms with Gasteiger partial charge in [0.1, 0.15) is 6.10 Å². The summed E-state index contributed by atoms with van der Waals surface area (Å²) in [5, 5.41) is 0. The van der Waals surface area contributed by atoms with Crippen LogP contribution >= 0.6 is 0 Å². The van der Waals surface area contributed by atoms with Crippen LogP contribution in [0.2, 0.25) is 0 Å². The fourth-order valence-corrected chi connectivity index (χ4v) is 4.26. The summed E-state index contributed by atoms with van der Waals surface area (Å²) in [6.07, 6.45) is 0.220. The molecule has 2 aromatic carbocycles. The van der Waals surface area contributed by atoms with E-state index in [2.05, 4.69) is 4.72 Å². The second kappa shape index (κ2) is 6.98. The molecule has 0 spiro atoms. The van der Waals surface area contributed by atoms with Gasteiger partial charge >= 0.3 is 5.97 Å². The zero-order valence-corrected chi connectivity index (χ0v) is 15.0. The van der Waals surface area contributed by atoms with Crippen molar-refractivity contribution in [2.75, 3.05) is 0 Å². The number of ether oxygens (including phenoxy) is 1. The molecule has 0 aromatic heterocycles. The number of benzene rings is 2. The number of carbonyl (C=O) groups excluding carboxylic acids is 1. The van der Waals surface area contributed by atoms with Gasteiger partial charge in [-0.1, -0.05) is 48.9 Å². The largest absolute Gasteiger partial charge is 0.460 e. The van der Waals surface area contributed by atoms with Crippen molar-refractivity contribution < 1.29 is 17.9 Å². The summed E-state index contributed by atoms with van der Waals surface area (Å²) >= 11 is 0.